The first-order chi connectivity index (χ1) is 9.06. The fraction of sp³-hybridized carbons (Fsp3) is 0.600. The van der Waals surface area contributed by atoms with Crippen LogP contribution in [0.15, 0.2) is 24.3 Å². The Kier molecular flexibility index (Phi) is 4.80. The van der Waals surface area contributed by atoms with Crippen molar-refractivity contribution in [1.82, 2.24) is 4.90 Å². The third kappa shape index (κ3) is 3.93. The van der Waals surface area contributed by atoms with E-state index in [1.165, 1.54) is 5.56 Å². The number of aliphatic hydroxyl groups is 1. The van der Waals surface area contributed by atoms with Gasteiger partial charge in [0.1, 0.15) is 5.75 Å². The Morgan fingerprint density at radius 1 is 1.32 bits per heavy atom. The quantitative estimate of drug-likeness (QED) is 0.879. The highest BCUT2D eigenvalue weighted by Gasteiger charge is 2.29. The van der Waals surface area contributed by atoms with E-state index >= 15 is 0 Å². The standard InChI is InChI=1S/C15H23NO3/c1-11(2)19-13-6-4-12(5-7-13)8-16(3)14-9-18-10-15(14)17/h4-7,11,14-15,17H,8-10H2,1-3H3/t14-,15-/m1/s1. The highest BCUT2D eigenvalue weighted by molar-refractivity contribution is 5.27. The minimum atomic E-state index is -0.381. The second-order valence-corrected chi connectivity index (χ2v) is 5.40. The lowest BCUT2D eigenvalue weighted by Crippen LogP contribution is -2.39. The Bertz CT molecular complexity index is 391. The number of hydrogen-bond acceptors (Lipinski definition) is 4. The monoisotopic (exact) mass is 265 g/mol. The normalized spacial score (nSPS) is 23.3. The van der Waals surface area contributed by atoms with Crippen LogP contribution in [-0.4, -0.2) is 48.5 Å². The van der Waals surface area contributed by atoms with E-state index in [2.05, 4.69) is 17.0 Å². The molecular formula is C15H23NO3. The molecule has 0 bridgehead atoms. The van der Waals surface area contributed by atoms with Crippen molar-refractivity contribution in [3.05, 3.63) is 29.8 Å². The SMILES string of the molecule is CC(C)Oc1ccc(CN(C)[C@@H]2COC[C@H]2O)cc1. The maximum Gasteiger partial charge on any atom is 0.119 e. The number of ether oxygens (including phenoxy) is 2. The molecule has 0 aromatic heterocycles. The summed E-state index contributed by atoms with van der Waals surface area (Å²) in [5.41, 5.74) is 1.21. The van der Waals surface area contributed by atoms with Crippen molar-refractivity contribution in [1.29, 1.82) is 0 Å². The lowest BCUT2D eigenvalue weighted by molar-refractivity contribution is 0.0925. The topological polar surface area (TPSA) is 41.9 Å². The fourth-order valence-electron chi connectivity index (χ4n) is 2.30. The van der Waals surface area contributed by atoms with E-state index in [1.807, 2.05) is 33.0 Å². The van der Waals surface area contributed by atoms with Crippen LogP contribution in [0.4, 0.5) is 0 Å². The zero-order chi connectivity index (χ0) is 13.8. The molecule has 0 aliphatic carbocycles. The zero-order valence-corrected chi connectivity index (χ0v) is 11.9. The second-order valence-electron chi connectivity index (χ2n) is 5.40. The van der Waals surface area contributed by atoms with Crippen molar-refractivity contribution < 1.29 is 14.6 Å². The highest BCUT2D eigenvalue weighted by atomic mass is 16.5. The van der Waals surface area contributed by atoms with Gasteiger partial charge in [-0.25, -0.2) is 0 Å². The second kappa shape index (κ2) is 6.37. The first-order valence-corrected chi connectivity index (χ1v) is 6.78. The maximum absolute atomic E-state index is 9.79. The predicted octanol–water partition coefficient (Wildman–Crippen LogP) is 1.67. The maximum atomic E-state index is 9.79. The summed E-state index contributed by atoms with van der Waals surface area (Å²) >= 11 is 0. The van der Waals surface area contributed by atoms with Crippen LogP contribution in [-0.2, 0) is 11.3 Å². The Hall–Kier alpha value is -1.10. The summed E-state index contributed by atoms with van der Waals surface area (Å²) in [5.74, 6) is 0.894. The van der Waals surface area contributed by atoms with Crippen molar-refractivity contribution in [2.45, 2.75) is 38.6 Å². The summed E-state index contributed by atoms with van der Waals surface area (Å²) < 4.78 is 10.9. The molecule has 1 fully saturated rings. The van der Waals surface area contributed by atoms with Gasteiger partial charge < -0.3 is 14.6 Å². The molecule has 0 spiro atoms. The molecule has 1 aromatic carbocycles. The van der Waals surface area contributed by atoms with Crippen LogP contribution in [0.25, 0.3) is 0 Å². The average molecular weight is 265 g/mol. The minimum absolute atomic E-state index is 0.0894. The minimum Gasteiger partial charge on any atom is -0.491 e. The summed E-state index contributed by atoms with van der Waals surface area (Å²) in [5, 5.41) is 9.79. The van der Waals surface area contributed by atoms with Gasteiger partial charge in [-0.3, -0.25) is 4.90 Å². The summed E-state index contributed by atoms with van der Waals surface area (Å²) in [6.07, 6.45) is -0.187. The number of hydrogen-bond donors (Lipinski definition) is 1. The van der Waals surface area contributed by atoms with Gasteiger partial charge in [-0.2, -0.15) is 0 Å². The third-order valence-corrected chi connectivity index (χ3v) is 3.31. The van der Waals surface area contributed by atoms with E-state index in [9.17, 15) is 5.11 Å². The van der Waals surface area contributed by atoms with Crippen LogP contribution in [0.2, 0.25) is 0 Å². The van der Waals surface area contributed by atoms with E-state index < -0.39 is 0 Å². The number of benzene rings is 1. The molecule has 1 N–H and O–H groups in total. The molecule has 1 aliphatic rings. The molecule has 4 nitrogen and oxygen atoms in total. The predicted molar refractivity (Wildman–Crippen MR) is 74.3 cm³/mol. The molecule has 1 aromatic rings. The molecule has 4 heteroatoms. The molecule has 2 rings (SSSR count). The zero-order valence-electron chi connectivity index (χ0n) is 11.9. The van der Waals surface area contributed by atoms with E-state index in [0.29, 0.717) is 13.2 Å². The van der Waals surface area contributed by atoms with Gasteiger partial charge in [-0.1, -0.05) is 12.1 Å². The fourth-order valence-corrected chi connectivity index (χ4v) is 2.30. The first kappa shape index (κ1) is 14.3. The van der Waals surface area contributed by atoms with Crippen molar-refractivity contribution in [3.63, 3.8) is 0 Å². The van der Waals surface area contributed by atoms with Crippen LogP contribution < -0.4 is 4.74 Å². The molecule has 1 saturated heterocycles. The van der Waals surface area contributed by atoms with Gasteiger partial charge in [0.05, 0.1) is 31.5 Å². The van der Waals surface area contributed by atoms with Crippen molar-refractivity contribution in [2.24, 2.45) is 0 Å². The number of nitrogens with zero attached hydrogens (tertiary/aromatic N) is 1. The number of aliphatic hydroxyl groups excluding tert-OH is 1. The summed E-state index contributed by atoms with van der Waals surface area (Å²) in [6.45, 7) is 5.88. The van der Waals surface area contributed by atoms with E-state index in [1.54, 1.807) is 0 Å². The van der Waals surface area contributed by atoms with E-state index in [-0.39, 0.29) is 18.2 Å². The Balaban J connectivity index is 1.91. The van der Waals surface area contributed by atoms with Gasteiger partial charge in [0.2, 0.25) is 0 Å². The van der Waals surface area contributed by atoms with Crippen molar-refractivity contribution in [3.8, 4) is 5.75 Å². The van der Waals surface area contributed by atoms with Gasteiger partial charge in [0, 0.05) is 6.54 Å². The molecule has 19 heavy (non-hydrogen) atoms. The van der Waals surface area contributed by atoms with E-state index in [4.69, 9.17) is 9.47 Å². The van der Waals surface area contributed by atoms with Crippen LogP contribution >= 0.6 is 0 Å². The van der Waals surface area contributed by atoms with Crippen molar-refractivity contribution in [2.75, 3.05) is 20.3 Å². The molecule has 106 valence electrons. The summed E-state index contributed by atoms with van der Waals surface area (Å²) in [4.78, 5) is 2.13. The first-order valence-electron chi connectivity index (χ1n) is 6.78. The number of rotatable bonds is 5. The average Bonchev–Trinajstić information content (AvgIpc) is 2.77. The Morgan fingerprint density at radius 3 is 2.53 bits per heavy atom. The third-order valence-electron chi connectivity index (χ3n) is 3.31. The largest absolute Gasteiger partial charge is 0.491 e. The molecule has 1 heterocycles. The molecule has 0 saturated carbocycles. The summed E-state index contributed by atoms with van der Waals surface area (Å²) in [6, 6.07) is 8.20. The Morgan fingerprint density at radius 2 is 2.00 bits per heavy atom. The number of likely N-dealkylation sites (N-methyl/N-ethyl adjacent to an activating group) is 1. The van der Waals surface area contributed by atoms with Gasteiger partial charge in [0.15, 0.2) is 0 Å². The van der Waals surface area contributed by atoms with E-state index in [0.717, 1.165) is 12.3 Å². The lowest BCUT2D eigenvalue weighted by atomic mass is 10.1. The van der Waals surface area contributed by atoms with Crippen molar-refractivity contribution >= 4 is 0 Å². The molecule has 2 atom stereocenters. The smallest absolute Gasteiger partial charge is 0.119 e. The van der Waals surface area contributed by atoms with Crippen LogP contribution in [0, 0.1) is 0 Å². The van der Waals surface area contributed by atoms with Gasteiger partial charge >= 0.3 is 0 Å². The molecule has 0 radical (unpaired) electrons. The van der Waals surface area contributed by atoms with Gasteiger partial charge in [-0.15, -0.1) is 0 Å². The molecule has 1 aliphatic heterocycles. The van der Waals surface area contributed by atoms with Gasteiger partial charge in [0.25, 0.3) is 0 Å². The molecule has 0 amide bonds. The molecule has 0 unspecified atom stereocenters. The highest BCUT2D eigenvalue weighted by Crippen LogP contribution is 2.18. The van der Waals surface area contributed by atoms with Crippen LogP contribution in [0.3, 0.4) is 0 Å². The molecular weight excluding hydrogens is 242 g/mol. The van der Waals surface area contributed by atoms with Crippen LogP contribution in [0.5, 0.6) is 5.75 Å². The van der Waals surface area contributed by atoms with Gasteiger partial charge in [-0.05, 0) is 38.6 Å². The van der Waals surface area contributed by atoms with Crippen LogP contribution in [0.1, 0.15) is 19.4 Å². The lowest BCUT2D eigenvalue weighted by Gasteiger charge is -2.25. The Labute approximate surface area is 114 Å². The summed E-state index contributed by atoms with van der Waals surface area (Å²) in [7, 11) is 2.01.